The molecular weight excluding hydrogens is 438 g/mol. The molecule has 33 heavy (non-hydrogen) atoms. The van der Waals surface area contributed by atoms with Crippen LogP contribution in [0.1, 0.15) is 40.5 Å². The number of carboxylic acid groups (broad SMARTS) is 1. The molecule has 172 valence electrons. The molecule has 2 heterocycles. The molecule has 1 aromatic heterocycles. The Morgan fingerprint density at radius 1 is 1.18 bits per heavy atom. The van der Waals surface area contributed by atoms with Gasteiger partial charge < -0.3 is 20.7 Å². The van der Waals surface area contributed by atoms with Crippen LogP contribution in [0.4, 0.5) is 4.79 Å². The van der Waals surface area contributed by atoms with E-state index in [1.165, 1.54) is 4.90 Å². The first kappa shape index (κ1) is 23.1. The van der Waals surface area contributed by atoms with Crippen LogP contribution >= 0.6 is 11.6 Å². The number of halogens is 1. The number of nitrogens with two attached hydrogens (primary N) is 1. The number of aromatic amines is 1. The zero-order valence-corrected chi connectivity index (χ0v) is 19.3. The van der Waals surface area contributed by atoms with Crippen LogP contribution in [0.2, 0.25) is 5.02 Å². The third kappa shape index (κ3) is 4.68. The highest BCUT2D eigenvalue weighted by molar-refractivity contribution is 6.31. The summed E-state index contributed by atoms with van der Waals surface area (Å²) in [6.07, 6.45) is 2.11. The lowest BCUT2D eigenvalue weighted by molar-refractivity contribution is 0.125. The lowest BCUT2D eigenvalue weighted by Crippen LogP contribution is -2.41. The van der Waals surface area contributed by atoms with Gasteiger partial charge in [-0.25, -0.2) is 4.79 Å². The van der Waals surface area contributed by atoms with Crippen molar-refractivity contribution in [2.24, 2.45) is 5.73 Å². The van der Waals surface area contributed by atoms with E-state index in [9.17, 15) is 14.7 Å². The van der Waals surface area contributed by atoms with Gasteiger partial charge in [0.05, 0.1) is 0 Å². The Bertz CT molecular complexity index is 1220. The number of carbonyl (C=O) groups is 1. The second kappa shape index (κ2) is 9.81. The first-order valence-electron chi connectivity index (χ1n) is 11.1. The number of aromatic nitrogens is 1. The first-order chi connectivity index (χ1) is 15.9. The van der Waals surface area contributed by atoms with Gasteiger partial charge in [-0.05, 0) is 72.2 Å². The minimum absolute atomic E-state index is 0.00391. The molecule has 1 saturated heterocycles. The van der Waals surface area contributed by atoms with Crippen LogP contribution < -0.4 is 11.3 Å². The first-order valence-corrected chi connectivity index (χ1v) is 11.5. The average Bonchev–Trinajstić information content (AvgIpc) is 2.81. The summed E-state index contributed by atoms with van der Waals surface area (Å²) in [4.78, 5) is 28.2. The maximum Gasteiger partial charge on any atom is 0.407 e. The van der Waals surface area contributed by atoms with Crippen molar-refractivity contribution in [1.82, 2.24) is 9.88 Å². The van der Waals surface area contributed by atoms with Crippen molar-refractivity contribution < 1.29 is 9.90 Å². The third-order valence-corrected chi connectivity index (χ3v) is 7.00. The van der Waals surface area contributed by atoms with Gasteiger partial charge in [0, 0.05) is 35.8 Å². The highest BCUT2D eigenvalue weighted by Gasteiger charge is 2.35. The monoisotopic (exact) mass is 465 g/mol. The van der Waals surface area contributed by atoms with Crippen molar-refractivity contribution in [3.63, 3.8) is 0 Å². The number of likely N-dealkylation sites (tertiary alicyclic amines) is 1. The number of hydrogen-bond donors (Lipinski definition) is 3. The van der Waals surface area contributed by atoms with Gasteiger partial charge in [0.1, 0.15) is 0 Å². The van der Waals surface area contributed by atoms with Gasteiger partial charge in [-0.3, -0.25) is 4.79 Å². The Morgan fingerprint density at radius 2 is 1.97 bits per heavy atom. The summed E-state index contributed by atoms with van der Waals surface area (Å²) in [7, 11) is 0. The number of rotatable bonds is 5. The normalized spacial score (nSPS) is 18.3. The molecule has 0 radical (unpaired) electrons. The van der Waals surface area contributed by atoms with E-state index >= 15 is 0 Å². The molecule has 1 aliphatic heterocycles. The summed E-state index contributed by atoms with van der Waals surface area (Å²) in [6, 6.07) is 16.0. The molecule has 7 heteroatoms. The van der Waals surface area contributed by atoms with E-state index in [1.54, 1.807) is 6.20 Å². The molecule has 2 aromatic carbocycles. The number of H-pyrrole nitrogens is 1. The zero-order valence-electron chi connectivity index (χ0n) is 18.6. The summed E-state index contributed by atoms with van der Waals surface area (Å²) >= 11 is 6.83. The summed E-state index contributed by atoms with van der Waals surface area (Å²) in [6.45, 7) is 3.13. The quantitative estimate of drug-likeness (QED) is 0.506. The molecule has 0 aliphatic carbocycles. The Hall–Kier alpha value is -3.09. The Kier molecular flexibility index (Phi) is 6.86. The molecule has 2 unspecified atom stereocenters. The van der Waals surface area contributed by atoms with Crippen LogP contribution in [0.15, 0.2) is 59.5 Å². The SMILES string of the molecule is Cc1c(C2CCN(C(=O)O)CC2c2ccc(-c3ccccc3CCN)cc2Cl)cc[nH]c1=O. The van der Waals surface area contributed by atoms with Gasteiger partial charge in [0.15, 0.2) is 0 Å². The molecule has 0 spiro atoms. The molecule has 4 N–H and O–H groups in total. The van der Waals surface area contributed by atoms with Crippen molar-refractivity contribution >= 4 is 17.7 Å². The lowest BCUT2D eigenvalue weighted by Gasteiger charge is -2.38. The zero-order chi connectivity index (χ0) is 23.5. The standard InChI is InChI=1S/C26H28ClN3O3/c1-16-19(9-12-29-25(16)31)21-10-13-30(26(32)33)15-23(21)22-7-6-18(14-24(22)27)20-5-3-2-4-17(20)8-11-28/h2-7,9,12,14,21,23H,8,10-11,13,15,28H2,1H3,(H,29,31)(H,32,33). The van der Waals surface area contributed by atoms with Crippen LogP contribution in [-0.2, 0) is 6.42 Å². The van der Waals surface area contributed by atoms with Gasteiger partial charge in [-0.2, -0.15) is 0 Å². The lowest BCUT2D eigenvalue weighted by atomic mass is 9.75. The van der Waals surface area contributed by atoms with Crippen molar-refractivity contribution in [3.8, 4) is 11.1 Å². The van der Waals surface area contributed by atoms with Crippen LogP contribution in [-0.4, -0.2) is 40.7 Å². The van der Waals surface area contributed by atoms with Crippen LogP contribution in [0.25, 0.3) is 11.1 Å². The minimum atomic E-state index is -0.940. The molecule has 1 aliphatic rings. The second-order valence-electron chi connectivity index (χ2n) is 8.55. The van der Waals surface area contributed by atoms with Gasteiger partial charge in [-0.15, -0.1) is 0 Å². The summed E-state index contributed by atoms with van der Waals surface area (Å²) < 4.78 is 0. The van der Waals surface area contributed by atoms with Crippen molar-refractivity contribution in [1.29, 1.82) is 0 Å². The van der Waals surface area contributed by atoms with E-state index in [1.807, 2.05) is 43.3 Å². The molecule has 1 fully saturated rings. The molecule has 6 nitrogen and oxygen atoms in total. The van der Waals surface area contributed by atoms with Crippen LogP contribution in [0, 0.1) is 6.92 Å². The number of benzene rings is 2. The van der Waals surface area contributed by atoms with E-state index in [4.69, 9.17) is 17.3 Å². The van der Waals surface area contributed by atoms with Crippen molar-refractivity contribution in [2.45, 2.75) is 31.6 Å². The number of amides is 1. The number of nitrogens with one attached hydrogen (secondary N) is 1. The predicted molar refractivity (Wildman–Crippen MR) is 131 cm³/mol. The fourth-order valence-electron chi connectivity index (χ4n) is 4.96. The minimum Gasteiger partial charge on any atom is -0.465 e. The summed E-state index contributed by atoms with van der Waals surface area (Å²) in [5, 5.41) is 10.2. The Morgan fingerprint density at radius 3 is 2.70 bits per heavy atom. The molecule has 1 amide bonds. The number of piperidine rings is 1. The topological polar surface area (TPSA) is 99.4 Å². The van der Waals surface area contributed by atoms with E-state index in [-0.39, 0.29) is 17.4 Å². The van der Waals surface area contributed by atoms with E-state index in [2.05, 4.69) is 17.1 Å². The predicted octanol–water partition coefficient (Wildman–Crippen LogP) is 4.76. The van der Waals surface area contributed by atoms with Gasteiger partial charge in [0.2, 0.25) is 0 Å². The van der Waals surface area contributed by atoms with E-state index in [0.29, 0.717) is 36.6 Å². The van der Waals surface area contributed by atoms with Gasteiger partial charge in [0.25, 0.3) is 5.56 Å². The van der Waals surface area contributed by atoms with E-state index in [0.717, 1.165) is 34.2 Å². The van der Waals surface area contributed by atoms with E-state index < -0.39 is 6.09 Å². The number of hydrogen-bond acceptors (Lipinski definition) is 3. The van der Waals surface area contributed by atoms with Crippen LogP contribution in [0.5, 0.6) is 0 Å². The van der Waals surface area contributed by atoms with Gasteiger partial charge >= 0.3 is 6.09 Å². The highest BCUT2D eigenvalue weighted by atomic mass is 35.5. The second-order valence-corrected chi connectivity index (χ2v) is 8.96. The third-order valence-electron chi connectivity index (χ3n) is 6.68. The van der Waals surface area contributed by atoms with Crippen molar-refractivity contribution in [2.75, 3.05) is 19.6 Å². The fraction of sp³-hybridized carbons (Fsp3) is 0.308. The maximum absolute atomic E-state index is 12.3. The fourth-order valence-corrected chi connectivity index (χ4v) is 5.28. The smallest absolute Gasteiger partial charge is 0.407 e. The average molecular weight is 466 g/mol. The van der Waals surface area contributed by atoms with Gasteiger partial charge in [-0.1, -0.05) is 48.0 Å². The molecule has 0 bridgehead atoms. The maximum atomic E-state index is 12.3. The number of pyridine rings is 1. The van der Waals surface area contributed by atoms with Crippen LogP contribution in [0.3, 0.4) is 0 Å². The number of nitrogens with zero attached hydrogens (tertiary/aromatic N) is 1. The highest BCUT2D eigenvalue weighted by Crippen LogP contribution is 2.43. The van der Waals surface area contributed by atoms with Crippen molar-refractivity contribution in [3.05, 3.63) is 92.4 Å². The molecule has 3 aromatic rings. The molecule has 0 saturated carbocycles. The Labute approximate surface area is 198 Å². The Balaban J connectivity index is 1.76. The summed E-state index contributed by atoms with van der Waals surface area (Å²) in [5.41, 5.74) is 11.4. The molecular formula is C26H28ClN3O3. The molecule has 4 rings (SSSR count). The molecule has 2 atom stereocenters. The largest absolute Gasteiger partial charge is 0.465 e. The summed E-state index contributed by atoms with van der Waals surface area (Å²) in [5.74, 6) is -0.160.